The highest BCUT2D eigenvalue weighted by atomic mass is 16.1. The Bertz CT molecular complexity index is 1110. The molecule has 150 valence electrons. The molecule has 5 rings (SSSR count). The summed E-state index contributed by atoms with van der Waals surface area (Å²) in [6.07, 6.45) is 10.3. The molecule has 0 radical (unpaired) electrons. The quantitative estimate of drug-likeness (QED) is 0.668. The summed E-state index contributed by atoms with van der Waals surface area (Å²) >= 11 is 0. The third kappa shape index (κ3) is 3.57. The van der Waals surface area contributed by atoms with Crippen LogP contribution in [0.15, 0.2) is 47.5 Å². The number of carbonyl (C=O) groups excluding carboxylic acids is 1. The first kappa shape index (κ1) is 18.1. The first-order valence-electron chi connectivity index (χ1n) is 10.4. The minimum atomic E-state index is -0.233. The van der Waals surface area contributed by atoms with Gasteiger partial charge in [-0.3, -0.25) is 9.59 Å². The molecule has 7 nitrogen and oxygen atoms in total. The maximum atomic E-state index is 12.6. The lowest BCUT2D eigenvalue weighted by Crippen LogP contribution is -2.31. The van der Waals surface area contributed by atoms with E-state index in [1.165, 1.54) is 42.9 Å². The summed E-state index contributed by atoms with van der Waals surface area (Å²) < 4.78 is 3.07. The molecular weight excluding hydrogens is 366 g/mol. The third-order valence-electron chi connectivity index (χ3n) is 6.47. The van der Waals surface area contributed by atoms with Crippen molar-refractivity contribution >= 4 is 17.1 Å². The molecule has 1 saturated carbocycles. The standard InChI is InChI=1S/C22H25N5O2/c28-19(14-17-6-11-26-18(13-17)5-10-23-26)15-27-21(29)4-3-20(24-27)25-12-9-22(16-25)7-1-2-8-22/h3-6,10-11,13H,1-2,7-9,12,14-16H2. The van der Waals surface area contributed by atoms with Gasteiger partial charge in [0.2, 0.25) is 0 Å². The Labute approximate surface area is 168 Å². The fraction of sp³-hybridized carbons (Fsp3) is 0.455. The van der Waals surface area contributed by atoms with E-state index in [2.05, 4.69) is 15.1 Å². The molecule has 2 fully saturated rings. The zero-order valence-electron chi connectivity index (χ0n) is 16.5. The fourth-order valence-corrected chi connectivity index (χ4v) is 4.91. The van der Waals surface area contributed by atoms with Crippen molar-refractivity contribution in [3.8, 4) is 0 Å². The molecule has 0 unspecified atom stereocenters. The van der Waals surface area contributed by atoms with E-state index in [1.54, 1.807) is 16.8 Å². The van der Waals surface area contributed by atoms with E-state index in [-0.39, 0.29) is 24.3 Å². The number of aromatic nitrogens is 4. The summed E-state index contributed by atoms with van der Waals surface area (Å²) in [6, 6.07) is 9.06. The van der Waals surface area contributed by atoms with Crippen LogP contribution in [0.3, 0.4) is 0 Å². The van der Waals surface area contributed by atoms with E-state index >= 15 is 0 Å². The Kier molecular flexibility index (Phi) is 4.45. The van der Waals surface area contributed by atoms with Gasteiger partial charge in [0.25, 0.3) is 5.56 Å². The van der Waals surface area contributed by atoms with Crippen molar-refractivity contribution in [3.63, 3.8) is 0 Å². The Morgan fingerprint density at radius 3 is 2.83 bits per heavy atom. The number of Topliss-reactive ketones (excluding diaryl/α,β-unsaturated/α-hetero) is 1. The van der Waals surface area contributed by atoms with Crippen LogP contribution >= 0.6 is 0 Å². The van der Waals surface area contributed by atoms with Crippen molar-refractivity contribution in [1.82, 2.24) is 19.4 Å². The molecule has 29 heavy (non-hydrogen) atoms. The van der Waals surface area contributed by atoms with Crippen molar-refractivity contribution in [1.29, 1.82) is 0 Å². The topological polar surface area (TPSA) is 72.5 Å². The van der Waals surface area contributed by atoms with Crippen molar-refractivity contribution in [2.24, 2.45) is 5.41 Å². The molecule has 0 amide bonds. The Morgan fingerprint density at radius 1 is 1.10 bits per heavy atom. The van der Waals surface area contributed by atoms with Crippen LogP contribution in [0.2, 0.25) is 0 Å². The first-order valence-corrected chi connectivity index (χ1v) is 10.4. The molecule has 1 saturated heterocycles. The van der Waals surface area contributed by atoms with Gasteiger partial charge in [-0.2, -0.15) is 10.2 Å². The molecule has 0 atom stereocenters. The molecule has 0 N–H and O–H groups in total. The van der Waals surface area contributed by atoms with E-state index in [0.29, 0.717) is 5.41 Å². The van der Waals surface area contributed by atoms with Crippen LogP contribution in [0.4, 0.5) is 5.82 Å². The molecule has 3 aromatic rings. The molecule has 1 aliphatic heterocycles. The van der Waals surface area contributed by atoms with Crippen LogP contribution in [0.1, 0.15) is 37.7 Å². The van der Waals surface area contributed by atoms with E-state index in [4.69, 9.17) is 0 Å². The average Bonchev–Trinajstić information content (AvgIpc) is 3.45. The molecule has 4 heterocycles. The predicted molar refractivity (Wildman–Crippen MR) is 110 cm³/mol. The second kappa shape index (κ2) is 7.13. The molecule has 0 bridgehead atoms. The van der Waals surface area contributed by atoms with Crippen LogP contribution < -0.4 is 10.5 Å². The molecule has 2 aliphatic rings. The number of carbonyl (C=O) groups is 1. The van der Waals surface area contributed by atoms with Crippen molar-refractivity contribution in [2.45, 2.75) is 45.1 Å². The van der Waals surface area contributed by atoms with Gasteiger partial charge in [0, 0.05) is 38.0 Å². The summed E-state index contributed by atoms with van der Waals surface area (Å²) in [5, 5.41) is 8.69. The number of rotatable bonds is 5. The van der Waals surface area contributed by atoms with Gasteiger partial charge in [-0.15, -0.1) is 0 Å². The lowest BCUT2D eigenvalue weighted by molar-refractivity contribution is -0.119. The number of ketones is 1. The smallest absolute Gasteiger partial charge is 0.267 e. The van der Waals surface area contributed by atoms with Crippen molar-refractivity contribution in [2.75, 3.05) is 18.0 Å². The van der Waals surface area contributed by atoms with Gasteiger partial charge >= 0.3 is 0 Å². The predicted octanol–water partition coefficient (Wildman–Crippen LogP) is 2.47. The highest BCUT2D eigenvalue weighted by Gasteiger charge is 2.40. The van der Waals surface area contributed by atoms with Gasteiger partial charge < -0.3 is 4.90 Å². The van der Waals surface area contributed by atoms with Gasteiger partial charge in [0.15, 0.2) is 5.78 Å². The number of pyridine rings is 1. The third-order valence-corrected chi connectivity index (χ3v) is 6.47. The van der Waals surface area contributed by atoms with Crippen LogP contribution in [0.25, 0.3) is 5.52 Å². The van der Waals surface area contributed by atoms with Crippen LogP contribution in [-0.2, 0) is 17.8 Å². The lowest BCUT2D eigenvalue weighted by Gasteiger charge is -2.24. The highest BCUT2D eigenvalue weighted by molar-refractivity contribution is 5.81. The van der Waals surface area contributed by atoms with E-state index < -0.39 is 0 Å². The van der Waals surface area contributed by atoms with Gasteiger partial charge in [-0.1, -0.05) is 12.8 Å². The van der Waals surface area contributed by atoms with Crippen LogP contribution in [0, 0.1) is 5.41 Å². The van der Waals surface area contributed by atoms with E-state index in [0.717, 1.165) is 30.0 Å². The number of hydrogen-bond donors (Lipinski definition) is 0. The summed E-state index contributed by atoms with van der Waals surface area (Å²) in [5.74, 6) is 0.774. The molecule has 1 spiro atoms. The Balaban J connectivity index is 1.29. The molecular formula is C22H25N5O2. The Morgan fingerprint density at radius 2 is 1.97 bits per heavy atom. The van der Waals surface area contributed by atoms with Crippen LogP contribution in [-0.4, -0.2) is 38.3 Å². The number of nitrogens with zero attached hydrogens (tertiary/aromatic N) is 5. The van der Waals surface area contributed by atoms with Crippen molar-refractivity contribution in [3.05, 3.63) is 58.6 Å². The zero-order chi connectivity index (χ0) is 19.8. The summed E-state index contributed by atoms with van der Waals surface area (Å²) in [6.45, 7) is 1.98. The zero-order valence-corrected chi connectivity index (χ0v) is 16.5. The Hall–Kier alpha value is -2.96. The largest absolute Gasteiger partial charge is 0.355 e. The van der Waals surface area contributed by atoms with Gasteiger partial charge in [-0.25, -0.2) is 9.20 Å². The second-order valence-electron chi connectivity index (χ2n) is 8.52. The molecule has 0 aromatic carbocycles. The lowest BCUT2D eigenvalue weighted by atomic mass is 9.86. The summed E-state index contributed by atoms with van der Waals surface area (Å²) in [4.78, 5) is 27.2. The van der Waals surface area contributed by atoms with Gasteiger partial charge in [0.1, 0.15) is 12.4 Å². The first-order chi connectivity index (χ1) is 14.1. The monoisotopic (exact) mass is 391 g/mol. The minimum absolute atomic E-state index is 0.00387. The molecule has 7 heteroatoms. The second-order valence-corrected chi connectivity index (χ2v) is 8.52. The maximum absolute atomic E-state index is 12.6. The van der Waals surface area contributed by atoms with Gasteiger partial charge in [-0.05, 0) is 54.5 Å². The normalized spacial score (nSPS) is 18.1. The molecule has 3 aromatic heterocycles. The minimum Gasteiger partial charge on any atom is -0.355 e. The maximum Gasteiger partial charge on any atom is 0.267 e. The van der Waals surface area contributed by atoms with E-state index in [9.17, 15) is 9.59 Å². The number of hydrogen-bond acceptors (Lipinski definition) is 5. The van der Waals surface area contributed by atoms with Crippen LogP contribution in [0.5, 0.6) is 0 Å². The van der Waals surface area contributed by atoms with Crippen molar-refractivity contribution < 1.29 is 4.79 Å². The summed E-state index contributed by atoms with van der Waals surface area (Å²) in [5.41, 5.74) is 2.06. The number of fused-ring (bicyclic) bond motifs is 1. The fourth-order valence-electron chi connectivity index (χ4n) is 4.91. The molecule has 1 aliphatic carbocycles. The SMILES string of the molecule is O=C(Cc1ccn2nccc2c1)Cn1nc(N2CCC3(CCCC3)C2)ccc1=O. The number of anilines is 1. The summed E-state index contributed by atoms with van der Waals surface area (Å²) in [7, 11) is 0. The highest BCUT2D eigenvalue weighted by Crippen LogP contribution is 2.45. The average molecular weight is 391 g/mol. The van der Waals surface area contributed by atoms with Gasteiger partial charge in [0.05, 0.1) is 5.52 Å². The van der Waals surface area contributed by atoms with E-state index in [1.807, 2.05) is 24.4 Å².